The van der Waals surface area contributed by atoms with E-state index in [-0.39, 0.29) is 11.3 Å². The van der Waals surface area contributed by atoms with E-state index in [1.807, 2.05) is 34.6 Å². The maximum atomic E-state index is 10.6. The predicted octanol–water partition coefficient (Wildman–Crippen LogP) is 2.85. The summed E-state index contributed by atoms with van der Waals surface area (Å²) in [6, 6.07) is 4.72. The van der Waals surface area contributed by atoms with Crippen molar-refractivity contribution in [2.24, 2.45) is 5.73 Å². The molecular formula is C12H21NO2. The SMILES string of the molecule is CC.CC.Cc1ccc(O)c(C(N)=O)c1. The van der Waals surface area contributed by atoms with E-state index < -0.39 is 5.91 Å². The van der Waals surface area contributed by atoms with Crippen molar-refractivity contribution in [3.8, 4) is 5.75 Å². The van der Waals surface area contributed by atoms with Crippen LogP contribution in [-0.2, 0) is 0 Å². The number of phenols is 1. The molecule has 0 spiro atoms. The van der Waals surface area contributed by atoms with Gasteiger partial charge in [-0.3, -0.25) is 4.79 Å². The second kappa shape index (κ2) is 9.06. The summed E-state index contributed by atoms with van der Waals surface area (Å²) in [4.78, 5) is 10.6. The number of benzene rings is 1. The number of carbonyl (C=O) groups excluding carboxylic acids is 1. The van der Waals surface area contributed by atoms with Gasteiger partial charge in [-0.25, -0.2) is 0 Å². The lowest BCUT2D eigenvalue weighted by molar-refractivity contribution is 0.0997. The van der Waals surface area contributed by atoms with Crippen LogP contribution in [-0.4, -0.2) is 11.0 Å². The van der Waals surface area contributed by atoms with Crippen LogP contribution in [0.5, 0.6) is 5.75 Å². The van der Waals surface area contributed by atoms with E-state index in [1.54, 1.807) is 12.1 Å². The van der Waals surface area contributed by atoms with E-state index in [1.165, 1.54) is 6.07 Å². The molecular weight excluding hydrogens is 190 g/mol. The zero-order valence-electron chi connectivity index (χ0n) is 10.2. The Hall–Kier alpha value is -1.51. The Morgan fingerprint density at radius 2 is 1.67 bits per heavy atom. The molecule has 1 aromatic carbocycles. The van der Waals surface area contributed by atoms with Crippen molar-refractivity contribution < 1.29 is 9.90 Å². The fourth-order valence-corrected chi connectivity index (χ4v) is 0.847. The van der Waals surface area contributed by atoms with Crippen molar-refractivity contribution in [1.29, 1.82) is 0 Å². The van der Waals surface area contributed by atoms with E-state index in [2.05, 4.69) is 0 Å². The summed E-state index contributed by atoms with van der Waals surface area (Å²) < 4.78 is 0. The second-order valence-electron chi connectivity index (χ2n) is 2.38. The van der Waals surface area contributed by atoms with Gasteiger partial charge in [0.15, 0.2) is 0 Å². The van der Waals surface area contributed by atoms with E-state index in [4.69, 9.17) is 10.8 Å². The normalized spacial score (nSPS) is 7.80. The number of aryl methyl sites for hydroxylation is 1. The number of nitrogens with two attached hydrogens (primary N) is 1. The minimum absolute atomic E-state index is 0.0666. The van der Waals surface area contributed by atoms with Gasteiger partial charge in [0, 0.05) is 0 Å². The standard InChI is InChI=1S/C8H9NO2.2C2H6/c1-5-2-3-7(10)6(4-5)8(9)11;2*1-2/h2-4,10H,1H3,(H2,9,11);2*1-2H3. The molecule has 0 heterocycles. The monoisotopic (exact) mass is 211 g/mol. The molecule has 3 nitrogen and oxygen atoms in total. The Kier molecular flexibility index (Phi) is 9.63. The molecule has 0 aliphatic carbocycles. The van der Waals surface area contributed by atoms with Crippen LogP contribution in [0.3, 0.4) is 0 Å². The smallest absolute Gasteiger partial charge is 0.252 e. The summed E-state index contributed by atoms with van der Waals surface area (Å²) in [6.07, 6.45) is 0. The van der Waals surface area contributed by atoms with Crippen molar-refractivity contribution in [3.63, 3.8) is 0 Å². The average molecular weight is 211 g/mol. The third-order valence-corrected chi connectivity index (χ3v) is 1.42. The largest absolute Gasteiger partial charge is 0.507 e. The maximum Gasteiger partial charge on any atom is 0.252 e. The van der Waals surface area contributed by atoms with Crippen LogP contribution in [0.1, 0.15) is 43.6 Å². The highest BCUT2D eigenvalue weighted by atomic mass is 16.3. The van der Waals surface area contributed by atoms with E-state index >= 15 is 0 Å². The Labute approximate surface area is 91.9 Å². The van der Waals surface area contributed by atoms with Gasteiger partial charge in [0.2, 0.25) is 0 Å². The lowest BCUT2D eigenvalue weighted by Crippen LogP contribution is -2.11. The predicted molar refractivity (Wildman–Crippen MR) is 64.1 cm³/mol. The zero-order chi connectivity index (χ0) is 12.4. The highest BCUT2D eigenvalue weighted by Gasteiger charge is 2.05. The molecule has 0 aliphatic heterocycles. The molecule has 0 aromatic heterocycles. The second-order valence-corrected chi connectivity index (χ2v) is 2.38. The summed E-state index contributed by atoms with van der Waals surface area (Å²) in [5.74, 6) is -0.672. The van der Waals surface area contributed by atoms with Crippen LogP contribution >= 0.6 is 0 Å². The van der Waals surface area contributed by atoms with Crippen molar-refractivity contribution in [1.82, 2.24) is 0 Å². The Morgan fingerprint density at radius 3 is 2.00 bits per heavy atom. The van der Waals surface area contributed by atoms with Crippen LogP contribution in [0.15, 0.2) is 18.2 Å². The summed E-state index contributed by atoms with van der Waals surface area (Å²) in [6.45, 7) is 9.83. The lowest BCUT2D eigenvalue weighted by atomic mass is 10.1. The molecule has 86 valence electrons. The van der Waals surface area contributed by atoms with Crippen molar-refractivity contribution in [2.75, 3.05) is 0 Å². The van der Waals surface area contributed by atoms with Crippen molar-refractivity contribution in [2.45, 2.75) is 34.6 Å². The maximum absolute atomic E-state index is 10.6. The van der Waals surface area contributed by atoms with Crippen LogP contribution < -0.4 is 5.73 Å². The first-order chi connectivity index (χ1) is 7.11. The van der Waals surface area contributed by atoms with Gasteiger partial charge < -0.3 is 10.8 Å². The van der Waals surface area contributed by atoms with Crippen molar-refractivity contribution in [3.05, 3.63) is 29.3 Å². The minimum atomic E-state index is -0.605. The summed E-state index contributed by atoms with van der Waals surface area (Å²) in [7, 11) is 0. The van der Waals surface area contributed by atoms with E-state index in [0.717, 1.165) is 5.56 Å². The first kappa shape index (κ1) is 15.9. The molecule has 0 saturated heterocycles. The number of carbonyl (C=O) groups is 1. The Balaban J connectivity index is 0. The average Bonchev–Trinajstić information content (AvgIpc) is 2.27. The fraction of sp³-hybridized carbons (Fsp3) is 0.417. The lowest BCUT2D eigenvalue weighted by Gasteiger charge is -1.99. The number of aromatic hydroxyl groups is 1. The number of hydrogen-bond acceptors (Lipinski definition) is 2. The van der Waals surface area contributed by atoms with Crippen LogP contribution in [0, 0.1) is 6.92 Å². The molecule has 0 radical (unpaired) electrons. The van der Waals surface area contributed by atoms with Crippen molar-refractivity contribution >= 4 is 5.91 Å². The third kappa shape index (κ3) is 5.73. The summed E-state index contributed by atoms with van der Waals surface area (Å²) in [5.41, 5.74) is 6.06. The van der Waals surface area contributed by atoms with Gasteiger partial charge in [-0.1, -0.05) is 39.3 Å². The van der Waals surface area contributed by atoms with Gasteiger partial charge in [-0.15, -0.1) is 0 Å². The van der Waals surface area contributed by atoms with Gasteiger partial charge in [-0.05, 0) is 19.1 Å². The highest BCUT2D eigenvalue weighted by Crippen LogP contribution is 2.16. The Bertz CT molecular complexity index is 296. The van der Waals surface area contributed by atoms with Gasteiger partial charge in [-0.2, -0.15) is 0 Å². The molecule has 0 fully saturated rings. The summed E-state index contributed by atoms with van der Waals surface area (Å²) >= 11 is 0. The first-order valence-corrected chi connectivity index (χ1v) is 5.20. The number of primary amides is 1. The van der Waals surface area contributed by atoms with E-state index in [9.17, 15) is 4.79 Å². The fourth-order valence-electron chi connectivity index (χ4n) is 0.847. The molecule has 0 atom stereocenters. The molecule has 3 heteroatoms. The molecule has 3 N–H and O–H groups in total. The molecule has 15 heavy (non-hydrogen) atoms. The third-order valence-electron chi connectivity index (χ3n) is 1.42. The van der Waals surface area contributed by atoms with Gasteiger partial charge in [0.25, 0.3) is 5.91 Å². The molecule has 0 aliphatic rings. The molecule has 0 saturated carbocycles. The highest BCUT2D eigenvalue weighted by molar-refractivity contribution is 5.95. The van der Waals surface area contributed by atoms with Gasteiger partial charge >= 0.3 is 0 Å². The quantitative estimate of drug-likeness (QED) is 0.750. The van der Waals surface area contributed by atoms with E-state index in [0.29, 0.717) is 0 Å². The minimum Gasteiger partial charge on any atom is -0.507 e. The molecule has 1 aromatic rings. The van der Waals surface area contributed by atoms with Gasteiger partial charge in [0.05, 0.1) is 5.56 Å². The molecule has 0 unspecified atom stereocenters. The van der Waals surface area contributed by atoms with Gasteiger partial charge in [0.1, 0.15) is 5.75 Å². The number of hydrogen-bond donors (Lipinski definition) is 2. The van der Waals surface area contributed by atoms with Crippen LogP contribution in [0.4, 0.5) is 0 Å². The summed E-state index contributed by atoms with van der Waals surface area (Å²) in [5, 5.41) is 9.10. The molecule has 1 rings (SSSR count). The van der Waals surface area contributed by atoms with Crippen LogP contribution in [0.25, 0.3) is 0 Å². The first-order valence-electron chi connectivity index (χ1n) is 5.20. The van der Waals surface area contributed by atoms with Crippen LogP contribution in [0.2, 0.25) is 0 Å². The zero-order valence-corrected chi connectivity index (χ0v) is 10.2. The molecule has 0 bridgehead atoms. The topological polar surface area (TPSA) is 63.3 Å². The Morgan fingerprint density at radius 1 is 1.20 bits per heavy atom. The number of amides is 1. The molecule has 1 amide bonds. The number of rotatable bonds is 1.